The van der Waals surface area contributed by atoms with E-state index >= 15 is 0 Å². The molecule has 0 aliphatic carbocycles. The average molecular weight is 310 g/mol. The van der Waals surface area contributed by atoms with Crippen LogP contribution in [0, 0.1) is 0 Å². The Labute approximate surface area is 129 Å². The predicted octanol–water partition coefficient (Wildman–Crippen LogP) is 3.56. The van der Waals surface area contributed by atoms with Gasteiger partial charge in [0, 0.05) is 21.7 Å². The maximum absolute atomic E-state index is 12.4. The molecule has 0 spiro atoms. The van der Waals surface area contributed by atoms with Crippen LogP contribution in [0.15, 0.2) is 0 Å². The molecule has 5 heteroatoms. The average Bonchev–Trinajstić information content (AvgIpc) is 2.74. The third kappa shape index (κ3) is 2.77. The normalized spacial score (nSPS) is 18.4. The Balaban J connectivity index is 2.66. The van der Waals surface area contributed by atoms with Crippen molar-refractivity contribution in [3.63, 3.8) is 0 Å². The first-order chi connectivity index (χ1) is 9.60. The van der Waals surface area contributed by atoms with E-state index in [0.717, 1.165) is 15.3 Å². The van der Waals surface area contributed by atoms with Gasteiger partial charge in [0.2, 0.25) is 0 Å². The molecule has 0 fully saturated rings. The van der Waals surface area contributed by atoms with Gasteiger partial charge in [0.1, 0.15) is 5.78 Å². The summed E-state index contributed by atoms with van der Waals surface area (Å²) in [5.74, 6) is -0.322. The van der Waals surface area contributed by atoms with Crippen LogP contribution in [0.4, 0.5) is 0 Å². The Bertz CT molecular complexity index is 596. The van der Waals surface area contributed by atoms with Gasteiger partial charge in [-0.25, -0.2) is 4.79 Å². The van der Waals surface area contributed by atoms with Crippen molar-refractivity contribution in [3.05, 3.63) is 20.9 Å². The highest BCUT2D eigenvalue weighted by Crippen LogP contribution is 2.52. The summed E-state index contributed by atoms with van der Waals surface area (Å²) in [6.07, 6.45) is 0.262. The van der Waals surface area contributed by atoms with Gasteiger partial charge in [-0.15, -0.1) is 11.3 Å². The lowest BCUT2D eigenvalue weighted by Gasteiger charge is -2.26. The zero-order chi connectivity index (χ0) is 16.0. The van der Waals surface area contributed by atoms with Crippen LogP contribution < -0.4 is 0 Å². The first-order valence-corrected chi connectivity index (χ1v) is 7.95. The van der Waals surface area contributed by atoms with Crippen molar-refractivity contribution < 1.29 is 19.1 Å². The fraction of sp³-hybridized carbons (Fsp3) is 0.625. The lowest BCUT2D eigenvalue weighted by Crippen LogP contribution is -2.24. The van der Waals surface area contributed by atoms with Crippen LogP contribution in [0.25, 0.3) is 0 Å². The molecule has 21 heavy (non-hydrogen) atoms. The molecule has 0 saturated heterocycles. The molecule has 0 N–H and O–H groups in total. The van der Waals surface area contributed by atoms with E-state index in [1.807, 2.05) is 27.7 Å². The quantitative estimate of drug-likeness (QED) is 0.798. The number of Topliss-reactive ketones (excluding diaryl/α,β-unsaturated/α-hetero) is 1. The number of carbonyl (C=O) groups is 2. The molecule has 4 nitrogen and oxygen atoms in total. The van der Waals surface area contributed by atoms with Gasteiger partial charge in [0.15, 0.2) is 0 Å². The Kier molecular flexibility index (Phi) is 4.02. The van der Waals surface area contributed by atoms with E-state index in [-0.39, 0.29) is 18.2 Å². The molecule has 0 radical (unpaired) electrons. The number of rotatable bonds is 4. The van der Waals surface area contributed by atoms with Crippen LogP contribution in [0.5, 0.6) is 0 Å². The van der Waals surface area contributed by atoms with E-state index < -0.39 is 11.2 Å². The summed E-state index contributed by atoms with van der Waals surface area (Å²) in [5.41, 5.74) is 0.390. The van der Waals surface area contributed by atoms with Gasteiger partial charge in [0.05, 0.1) is 23.4 Å². The smallest absolute Gasteiger partial charge is 0.339 e. The molecule has 1 aliphatic rings. The minimum atomic E-state index is -0.563. The summed E-state index contributed by atoms with van der Waals surface area (Å²) in [4.78, 5) is 25.7. The van der Waals surface area contributed by atoms with Crippen LogP contribution in [-0.4, -0.2) is 18.4 Å². The number of hydrogen-bond acceptors (Lipinski definition) is 5. The van der Waals surface area contributed by atoms with Gasteiger partial charge in [-0.2, -0.15) is 0 Å². The first kappa shape index (κ1) is 16.2. The highest BCUT2D eigenvalue weighted by Gasteiger charge is 2.48. The van der Waals surface area contributed by atoms with Crippen LogP contribution in [0.2, 0.25) is 0 Å². The lowest BCUT2D eigenvalue weighted by molar-refractivity contribution is -0.116. The minimum absolute atomic E-state index is 0.0389. The second-order valence-corrected chi connectivity index (χ2v) is 7.43. The monoisotopic (exact) mass is 310 g/mol. The molecule has 0 unspecified atom stereocenters. The molecule has 0 saturated carbocycles. The molecule has 2 heterocycles. The maximum atomic E-state index is 12.4. The first-order valence-electron chi connectivity index (χ1n) is 7.13. The number of ketones is 1. The molecule has 1 aliphatic heterocycles. The van der Waals surface area contributed by atoms with Gasteiger partial charge in [-0.3, -0.25) is 4.79 Å². The molecule has 1 aromatic rings. The maximum Gasteiger partial charge on any atom is 0.339 e. The van der Waals surface area contributed by atoms with Crippen molar-refractivity contribution in [2.24, 2.45) is 0 Å². The summed E-state index contributed by atoms with van der Waals surface area (Å²) >= 11 is 1.49. The Hall–Kier alpha value is -1.20. The molecule has 0 bridgehead atoms. The van der Waals surface area contributed by atoms with Crippen molar-refractivity contribution in [1.29, 1.82) is 0 Å². The van der Waals surface area contributed by atoms with E-state index in [9.17, 15) is 9.59 Å². The number of thiophene rings is 1. The van der Waals surface area contributed by atoms with Crippen LogP contribution >= 0.6 is 11.3 Å². The topological polar surface area (TPSA) is 52.6 Å². The van der Waals surface area contributed by atoms with Crippen molar-refractivity contribution in [1.82, 2.24) is 0 Å². The molecule has 0 atom stereocenters. The van der Waals surface area contributed by atoms with Crippen molar-refractivity contribution in [3.8, 4) is 0 Å². The number of fused-ring (bicyclic) bond motifs is 1. The molecule has 1 aromatic heterocycles. The van der Waals surface area contributed by atoms with Crippen molar-refractivity contribution in [2.75, 3.05) is 6.61 Å². The summed E-state index contributed by atoms with van der Waals surface area (Å²) in [6.45, 7) is 11.5. The third-order valence-electron chi connectivity index (χ3n) is 3.53. The van der Waals surface area contributed by atoms with Crippen molar-refractivity contribution in [2.45, 2.75) is 59.2 Å². The fourth-order valence-electron chi connectivity index (χ4n) is 2.98. The van der Waals surface area contributed by atoms with E-state index in [0.29, 0.717) is 12.2 Å². The number of ether oxygens (including phenoxy) is 2. The van der Waals surface area contributed by atoms with Gasteiger partial charge >= 0.3 is 5.97 Å². The zero-order valence-corrected chi connectivity index (χ0v) is 14.3. The fourth-order valence-corrected chi connectivity index (χ4v) is 4.53. The van der Waals surface area contributed by atoms with Crippen LogP contribution in [0.3, 0.4) is 0 Å². The van der Waals surface area contributed by atoms with Crippen LogP contribution in [0.1, 0.15) is 67.2 Å². The molecular formula is C16H22O4S. The molecular weight excluding hydrogens is 288 g/mol. The number of carbonyl (C=O) groups excluding carboxylic acids is 2. The van der Waals surface area contributed by atoms with Crippen LogP contribution in [-0.2, 0) is 31.9 Å². The summed E-state index contributed by atoms with van der Waals surface area (Å²) in [7, 11) is 0. The molecule has 0 amide bonds. The number of esters is 1. The van der Waals surface area contributed by atoms with Gasteiger partial charge in [-0.1, -0.05) is 0 Å². The largest absolute Gasteiger partial charge is 0.462 e. The number of hydrogen-bond donors (Lipinski definition) is 0. The standard InChI is InChI=1S/C16H22O4S/c1-7-19-14(18)11-10(8-9(2)17)21-13-12(11)15(3,4)20-16(13,5)6/h7-8H2,1-6H3. The zero-order valence-electron chi connectivity index (χ0n) is 13.5. The molecule has 2 rings (SSSR count). The second-order valence-electron chi connectivity index (χ2n) is 6.33. The van der Waals surface area contributed by atoms with Gasteiger partial charge in [0.25, 0.3) is 0 Å². The third-order valence-corrected chi connectivity index (χ3v) is 5.02. The predicted molar refractivity (Wildman–Crippen MR) is 81.8 cm³/mol. The highest BCUT2D eigenvalue weighted by atomic mass is 32.1. The van der Waals surface area contributed by atoms with Gasteiger partial charge < -0.3 is 9.47 Å². The SMILES string of the molecule is CCOC(=O)c1c(CC(C)=O)sc2c1C(C)(C)OC2(C)C. The van der Waals surface area contributed by atoms with E-state index in [2.05, 4.69) is 0 Å². The highest BCUT2D eigenvalue weighted by molar-refractivity contribution is 7.12. The summed E-state index contributed by atoms with van der Waals surface area (Å²) in [6, 6.07) is 0. The molecule has 116 valence electrons. The lowest BCUT2D eigenvalue weighted by atomic mass is 9.92. The Morgan fingerprint density at radius 3 is 2.33 bits per heavy atom. The van der Waals surface area contributed by atoms with E-state index in [1.54, 1.807) is 6.92 Å². The Morgan fingerprint density at radius 2 is 1.81 bits per heavy atom. The van der Waals surface area contributed by atoms with E-state index in [4.69, 9.17) is 9.47 Å². The minimum Gasteiger partial charge on any atom is -0.462 e. The van der Waals surface area contributed by atoms with Gasteiger partial charge in [-0.05, 0) is 41.5 Å². The Morgan fingerprint density at radius 1 is 1.19 bits per heavy atom. The second kappa shape index (κ2) is 5.21. The molecule has 0 aromatic carbocycles. The summed E-state index contributed by atoms with van der Waals surface area (Å²) in [5, 5.41) is 0. The van der Waals surface area contributed by atoms with Crippen molar-refractivity contribution >= 4 is 23.1 Å². The van der Waals surface area contributed by atoms with E-state index in [1.165, 1.54) is 18.3 Å². The summed E-state index contributed by atoms with van der Waals surface area (Å²) < 4.78 is 11.3.